The maximum Gasteiger partial charge on any atom is 0.407 e. The lowest BCUT2D eigenvalue weighted by molar-refractivity contribution is -0.377. The number of morpholine rings is 1. The van der Waals surface area contributed by atoms with E-state index >= 15 is 9.59 Å². The van der Waals surface area contributed by atoms with Crippen molar-refractivity contribution in [3.8, 4) is 0 Å². The van der Waals surface area contributed by atoms with E-state index in [1.54, 1.807) is 37.3 Å². The second-order valence-corrected chi connectivity index (χ2v) is 42.5. The molecule has 6 heterocycles. The summed E-state index contributed by atoms with van der Waals surface area (Å²) in [6, 6.07) is 62.1. The van der Waals surface area contributed by atoms with Crippen LogP contribution < -0.4 is 10.6 Å². The molecule has 2 bridgehead atoms. The van der Waals surface area contributed by atoms with E-state index in [9.17, 15) is 28.8 Å². The molecule has 0 aliphatic carbocycles. The van der Waals surface area contributed by atoms with Gasteiger partial charge >= 0.3 is 41.9 Å². The van der Waals surface area contributed by atoms with Gasteiger partial charge in [0.1, 0.15) is 80.4 Å². The Balaban J connectivity index is 1.01. The summed E-state index contributed by atoms with van der Waals surface area (Å²) in [5, 5.41) is 5.60. The fourth-order valence-electron chi connectivity index (χ4n) is 16.4. The third-order valence-corrected chi connectivity index (χ3v) is 24.7. The van der Waals surface area contributed by atoms with Gasteiger partial charge in [-0.25, -0.2) is 9.59 Å². The van der Waals surface area contributed by atoms with Crippen molar-refractivity contribution in [1.82, 2.24) is 10.6 Å². The first kappa shape index (κ1) is 104. The molecule has 2 amide bonds. The molecule has 0 radical (unpaired) electrons. The molecule has 1 unspecified atom stereocenters. The highest BCUT2D eigenvalue weighted by atomic mass is 35.6. The minimum atomic E-state index is -3.10. The first-order valence-corrected chi connectivity index (χ1v) is 49.2. The highest BCUT2D eigenvalue weighted by Gasteiger charge is 2.68. The molecule has 7 aromatic rings. The predicted octanol–water partition coefficient (Wildman–Crippen LogP) is 12.7. The molecule has 22 atom stereocenters. The zero-order chi connectivity index (χ0) is 95.5. The topological polar surface area (TPSA) is 364 Å². The molecular weight excluding hydrogens is 1820 g/mol. The van der Waals surface area contributed by atoms with Crippen LogP contribution in [0.1, 0.15) is 93.3 Å². The number of amides is 2. The number of carbonyl (C=O) groups is 8. The number of hydrogen-bond donors (Lipinski definition) is 2. The number of esters is 6. The Morgan fingerprint density at radius 1 is 0.485 bits per heavy atom. The summed E-state index contributed by atoms with van der Waals surface area (Å²) in [5.41, 5.74) is 5.28. The minimum Gasteiger partial charge on any atom is -0.465 e. The molecule has 6 aliphatic heterocycles. The molecular formula is C98H117Cl3N2O30Si. The van der Waals surface area contributed by atoms with Gasteiger partial charge in [-0.3, -0.25) is 28.8 Å². The molecule has 6 fully saturated rings. The van der Waals surface area contributed by atoms with Crippen LogP contribution in [0.15, 0.2) is 212 Å². The first-order valence-electron chi connectivity index (χ1n) is 44.3. The fraction of sp³-hybridized carbons (Fsp3) is 0.490. The molecule has 6 saturated heterocycles. The second kappa shape index (κ2) is 49.6. The van der Waals surface area contributed by atoms with Crippen LogP contribution in [-0.2, 0) is 184 Å². The number of carbonyl (C=O) groups excluding carboxylic acids is 8. The monoisotopic (exact) mass is 1930 g/mol. The van der Waals surface area contributed by atoms with E-state index in [1.165, 1.54) is 0 Å². The quantitative estimate of drug-likeness (QED) is 0.0155. The summed E-state index contributed by atoms with van der Waals surface area (Å²) in [4.78, 5) is 116. The third kappa shape index (κ3) is 30.0. The Bertz CT molecular complexity index is 4870. The highest BCUT2D eigenvalue weighted by Crippen LogP contribution is 2.47. The van der Waals surface area contributed by atoms with Crippen molar-refractivity contribution in [2.24, 2.45) is 0 Å². The lowest BCUT2D eigenvalue weighted by Gasteiger charge is -2.56. The van der Waals surface area contributed by atoms with E-state index in [2.05, 4.69) is 30.3 Å². The number of rotatable bonds is 46. The Labute approximate surface area is 794 Å². The van der Waals surface area contributed by atoms with Gasteiger partial charge in [0.25, 0.3) is 17.5 Å². The molecule has 36 heteroatoms. The van der Waals surface area contributed by atoms with Gasteiger partial charge in [-0.15, -0.1) is 0 Å². The molecule has 2 N–H and O–H groups in total. The number of fused-ring (bicyclic) bond motifs is 3. The van der Waals surface area contributed by atoms with Gasteiger partial charge in [-0.05, 0) is 51.9 Å². The molecule has 724 valence electrons. The summed E-state index contributed by atoms with van der Waals surface area (Å²) < 4.78 is 145. The summed E-state index contributed by atoms with van der Waals surface area (Å²) in [7, 11) is -0.885. The molecule has 0 spiro atoms. The van der Waals surface area contributed by atoms with Crippen LogP contribution in [-0.4, -0.2) is 234 Å². The van der Waals surface area contributed by atoms with Gasteiger partial charge in [0.15, 0.2) is 30.9 Å². The summed E-state index contributed by atoms with van der Waals surface area (Å²) >= 11 is 18.7. The van der Waals surface area contributed by atoms with Gasteiger partial charge in [0, 0.05) is 55.7 Å². The van der Waals surface area contributed by atoms with Crippen LogP contribution in [0.2, 0.25) is 25.7 Å². The zero-order valence-corrected chi connectivity index (χ0v) is 79.5. The van der Waals surface area contributed by atoms with E-state index in [4.69, 9.17) is 139 Å². The van der Waals surface area contributed by atoms with Gasteiger partial charge in [0.2, 0.25) is 3.79 Å². The average Bonchev–Trinajstić information content (AvgIpc) is 0.721. The molecule has 7 aromatic carbocycles. The molecule has 134 heavy (non-hydrogen) atoms. The maximum absolute atomic E-state index is 16.1. The smallest absolute Gasteiger partial charge is 0.407 e. The second-order valence-electron chi connectivity index (χ2n) is 34.3. The van der Waals surface area contributed by atoms with E-state index in [1.807, 2.05) is 182 Å². The lowest BCUT2D eigenvalue weighted by atomic mass is 9.83. The number of nitrogens with one attached hydrogen (secondary N) is 2. The summed E-state index contributed by atoms with van der Waals surface area (Å²) in [6.07, 6.45) is -30.4. The molecule has 0 aromatic heterocycles. The lowest BCUT2D eigenvalue weighted by Crippen LogP contribution is -2.78. The SMILES string of the molecule is COC(=O)[C@@]1(O[C@H]2C[C@@]3(OC[C@H]4O[C@@H](OCC[Si](C)(C)C)[C@H](OCc5ccccc5)[C@@H](OCc5ccccc5)[C@@H]4OCc4ccccc4)O[C@@H]([C@H](OC(C)=O)[C@@H](COC(C)=O)OC(C)=O)[C@@H]2NC3=O)C[C@H](OC(C)=O)[C@@H](NC(=O)OCC(Cl)(Cl)Cl)[C@H]([C@H](OC(C)=O)[C@@H](COCc2ccccc2)OC2O[C@@H](C)[C@@H](OCc3ccccc3)[C@@H](OCc3ccccc3)[C@@H]2OCc2ccccc2)O1. The Kier molecular flexibility index (Phi) is 38.3. The third-order valence-electron chi connectivity index (χ3n) is 22.7. The molecule has 0 saturated carbocycles. The molecule has 13 rings (SSSR count). The number of methoxy groups -OCH3 is 1. The summed E-state index contributed by atoms with van der Waals surface area (Å²) in [5.74, 6) is -13.2. The minimum absolute atomic E-state index is 0.00880. The maximum atomic E-state index is 16.1. The van der Waals surface area contributed by atoms with Gasteiger partial charge in [-0.1, -0.05) is 267 Å². The van der Waals surface area contributed by atoms with Crippen molar-refractivity contribution in [1.29, 1.82) is 0 Å². The van der Waals surface area contributed by atoms with Crippen molar-refractivity contribution in [2.45, 2.75) is 264 Å². The normalized spacial score (nSPS) is 26.6. The van der Waals surface area contributed by atoms with Gasteiger partial charge < -0.3 is 115 Å². The van der Waals surface area contributed by atoms with E-state index < -0.39 is 233 Å². The van der Waals surface area contributed by atoms with E-state index in [-0.39, 0.29) is 52.9 Å². The van der Waals surface area contributed by atoms with E-state index in [0.29, 0.717) is 17.2 Å². The van der Waals surface area contributed by atoms with Crippen LogP contribution in [0, 0.1) is 0 Å². The number of piperidine rings is 1. The number of benzene rings is 7. The van der Waals surface area contributed by atoms with Crippen LogP contribution in [0.25, 0.3) is 0 Å². The van der Waals surface area contributed by atoms with Crippen LogP contribution in [0.5, 0.6) is 0 Å². The number of alkyl halides is 3. The average molecular weight is 1940 g/mol. The van der Waals surface area contributed by atoms with Gasteiger partial charge in [-0.2, -0.15) is 0 Å². The van der Waals surface area contributed by atoms with Crippen LogP contribution >= 0.6 is 34.8 Å². The van der Waals surface area contributed by atoms with Crippen LogP contribution in [0.4, 0.5) is 4.79 Å². The van der Waals surface area contributed by atoms with Gasteiger partial charge in [0.05, 0.1) is 97.3 Å². The molecule has 6 aliphatic rings. The zero-order valence-electron chi connectivity index (χ0n) is 76.2. The van der Waals surface area contributed by atoms with Crippen molar-refractivity contribution in [3.63, 3.8) is 0 Å². The highest BCUT2D eigenvalue weighted by molar-refractivity contribution is 6.76. The predicted molar refractivity (Wildman–Crippen MR) is 485 cm³/mol. The molecule has 32 nitrogen and oxygen atoms in total. The number of alkyl carbamates (subject to hydrolysis) is 1. The fourth-order valence-corrected chi connectivity index (χ4v) is 17.3. The van der Waals surface area contributed by atoms with Crippen molar-refractivity contribution in [2.75, 3.05) is 40.1 Å². The van der Waals surface area contributed by atoms with Crippen molar-refractivity contribution < 1.29 is 143 Å². The number of halogens is 3. The van der Waals surface area contributed by atoms with Crippen LogP contribution in [0.3, 0.4) is 0 Å². The number of hydrogen-bond acceptors (Lipinski definition) is 30. The van der Waals surface area contributed by atoms with Crippen molar-refractivity contribution in [3.05, 3.63) is 251 Å². The Morgan fingerprint density at radius 2 is 0.925 bits per heavy atom. The number of ether oxygens (including phenoxy) is 22. The standard InChI is InChI=1S/C98H117Cl3N2O30Si/c1-61-81(116-51-68-34-20-12-21-35-68)87(118-53-70-38-24-14-25-39-70)90(121-56-73-44-30-17-31-45-73)92(124-61)130-76(57-113-50-67-32-18-11-19-33-67)83(127-65(5)107)85-79(103-95(111)122-60-98(99,100)101)74(125-63(3)105)48-97(133-85,94(110)112-7)131-75-49-96(93(109)102-80(75)86(132-96)84(128-66(6)108)77(126-64(4)106)58-115-62(2)104)123-59-78-82(117-52-69-36-22-13-23-37-69)88(119-54-71-40-26-15-27-41-71)89(120-55-72-42-28-16-29-43-72)91(129-78)114-46-47-134(8,9)10/h11-45,61,74-92H,46-60H2,1-10H3,(H,102,109)(H,103,111)/t61-,74-,75-,76+,77+,78+,79+,80+,81+,82+,83+,84+,85+,86+,87+,88-,89+,90-,91+,92?,96+,97+/m0/s1. The Morgan fingerprint density at radius 3 is 1.37 bits per heavy atom. The largest absolute Gasteiger partial charge is 0.465 e. The van der Waals surface area contributed by atoms with Crippen molar-refractivity contribution >= 4 is 90.7 Å². The van der Waals surface area contributed by atoms with E-state index in [0.717, 1.165) is 69.5 Å². The first-order chi connectivity index (χ1) is 64.3. The summed E-state index contributed by atoms with van der Waals surface area (Å²) in [6.45, 7) is 10.6. The Hall–Kier alpha value is -9.41.